The predicted molar refractivity (Wildman–Crippen MR) is 86.9 cm³/mol. The number of carbonyl (C=O) groups excluding carboxylic acids is 1. The fraction of sp³-hybridized carbons (Fsp3) is 0.571. The summed E-state index contributed by atoms with van der Waals surface area (Å²) in [5.41, 5.74) is 3.00. The van der Waals surface area contributed by atoms with Gasteiger partial charge in [-0.1, -0.05) is 0 Å². The zero-order valence-corrected chi connectivity index (χ0v) is 14.1. The number of nitrogens with one attached hydrogen (secondary N) is 1. The van der Waals surface area contributed by atoms with Crippen molar-refractivity contribution >= 4 is 27.7 Å². The number of nitrogens with zero attached hydrogens (tertiary/aromatic N) is 3. The van der Waals surface area contributed by atoms with Gasteiger partial charge in [-0.05, 0) is 54.9 Å². The van der Waals surface area contributed by atoms with Gasteiger partial charge in [-0.2, -0.15) is 0 Å². The topological polar surface area (TPSA) is 74.5 Å². The third-order valence-corrected chi connectivity index (χ3v) is 4.18. The average Bonchev–Trinajstić information content (AvgIpc) is 2.46. The van der Waals surface area contributed by atoms with Gasteiger partial charge in [0, 0.05) is 30.3 Å². The molecule has 0 aliphatic carbocycles. The van der Waals surface area contributed by atoms with Crippen molar-refractivity contribution in [3.63, 3.8) is 0 Å². The second-order valence-corrected chi connectivity index (χ2v) is 6.61. The lowest BCUT2D eigenvalue weighted by Crippen LogP contribution is -2.41. The highest BCUT2D eigenvalue weighted by atomic mass is 79.9. The van der Waals surface area contributed by atoms with Gasteiger partial charge < -0.3 is 15.2 Å². The van der Waals surface area contributed by atoms with Crippen LogP contribution in [0.2, 0.25) is 0 Å². The van der Waals surface area contributed by atoms with Gasteiger partial charge in [-0.15, -0.1) is 0 Å². The summed E-state index contributed by atoms with van der Waals surface area (Å²) >= 11 is 3.35. The van der Waals surface area contributed by atoms with Crippen LogP contribution in [0.1, 0.15) is 23.2 Å². The number of aromatic nitrogens is 1. The van der Waals surface area contributed by atoms with Crippen molar-refractivity contribution in [3.8, 4) is 0 Å². The van der Waals surface area contributed by atoms with E-state index < -0.39 is 0 Å². The first-order chi connectivity index (χ1) is 10.0. The molecule has 7 heteroatoms. The van der Waals surface area contributed by atoms with Crippen LogP contribution < -0.4 is 11.3 Å². The fourth-order valence-corrected chi connectivity index (χ4v) is 3.05. The van der Waals surface area contributed by atoms with Crippen LogP contribution in [0.15, 0.2) is 16.7 Å². The van der Waals surface area contributed by atoms with Crippen molar-refractivity contribution < 1.29 is 4.79 Å². The van der Waals surface area contributed by atoms with E-state index in [9.17, 15) is 4.79 Å². The Hall–Kier alpha value is -1.18. The van der Waals surface area contributed by atoms with E-state index in [1.54, 1.807) is 12.3 Å². The third-order valence-electron chi connectivity index (χ3n) is 3.75. The van der Waals surface area contributed by atoms with Crippen molar-refractivity contribution in [2.24, 2.45) is 11.8 Å². The van der Waals surface area contributed by atoms with E-state index in [-0.39, 0.29) is 5.91 Å². The van der Waals surface area contributed by atoms with Gasteiger partial charge in [0.05, 0.1) is 5.56 Å². The Morgan fingerprint density at radius 1 is 1.52 bits per heavy atom. The minimum absolute atomic E-state index is 0.0138. The van der Waals surface area contributed by atoms with Gasteiger partial charge in [0.25, 0.3) is 5.91 Å². The molecule has 2 rings (SSSR count). The largest absolute Gasteiger partial charge is 0.339 e. The number of hydrogen-bond acceptors (Lipinski definition) is 5. The number of hydrazine groups is 1. The molecule has 21 heavy (non-hydrogen) atoms. The van der Waals surface area contributed by atoms with Crippen molar-refractivity contribution in [1.82, 2.24) is 14.8 Å². The second-order valence-electron chi connectivity index (χ2n) is 5.69. The Morgan fingerprint density at radius 3 is 2.76 bits per heavy atom. The maximum atomic E-state index is 12.6. The van der Waals surface area contributed by atoms with Crippen LogP contribution in [-0.2, 0) is 0 Å². The molecular weight excluding hydrogens is 334 g/mol. The molecule has 0 unspecified atom stereocenters. The van der Waals surface area contributed by atoms with Gasteiger partial charge >= 0.3 is 0 Å². The monoisotopic (exact) mass is 355 g/mol. The third kappa shape index (κ3) is 4.15. The quantitative estimate of drug-likeness (QED) is 0.633. The smallest absolute Gasteiger partial charge is 0.257 e. The first-order valence-electron chi connectivity index (χ1n) is 7.07. The van der Waals surface area contributed by atoms with Gasteiger partial charge in [0.2, 0.25) is 0 Å². The maximum Gasteiger partial charge on any atom is 0.257 e. The Kier molecular flexibility index (Phi) is 5.55. The number of amides is 1. The van der Waals surface area contributed by atoms with Gasteiger partial charge in [0.1, 0.15) is 0 Å². The molecule has 0 spiro atoms. The standard InChI is InChI=1S/C14H22BrN5O/c1-19(2)9-10-3-5-20(6-4-10)14(21)12-7-11(15)8-17-13(12)18-16/h7-8,10H,3-6,9,16H2,1-2H3,(H,17,18). The Balaban J connectivity index is 2.03. The maximum absolute atomic E-state index is 12.6. The van der Waals surface area contributed by atoms with Gasteiger partial charge in [0.15, 0.2) is 5.82 Å². The van der Waals surface area contributed by atoms with E-state index in [1.807, 2.05) is 4.90 Å². The van der Waals surface area contributed by atoms with Crippen LogP contribution in [0.3, 0.4) is 0 Å². The van der Waals surface area contributed by atoms with Crippen LogP contribution in [-0.4, -0.2) is 54.4 Å². The van der Waals surface area contributed by atoms with Crippen molar-refractivity contribution in [1.29, 1.82) is 0 Å². The molecule has 0 bridgehead atoms. The molecule has 1 aliphatic rings. The van der Waals surface area contributed by atoms with Crippen LogP contribution in [0.4, 0.5) is 5.82 Å². The summed E-state index contributed by atoms with van der Waals surface area (Å²) in [5.74, 6) is 6.51. The molecule has 2 heterocycles. The zero-order valence-electron chi connectivity index (χ0n) is 12.5. The van der Waals surface area contributed by atoms with E-state index in [1.165, 1.54) is 0 Å². The number of carbonyl (C=O) groups is 1. The van der Waals surface area contributed by atoms with Crippen LogP contribution in [0, 0.1) is 5.92 Å². The lowest BCUT2D eigenvalue weighted by molar-refractivity contribution is 0.0678. The molecule has 1 aliphatic heterocycles. The molecule has 0 radical (unpaired) electrons. The van der Waals surface area contributed by atoms with E-state index in [0.717, 1.165) is 36.9 Å². The van der Waals surface area contributed by atoms with Gasteiger partial charge in [-0.3, -0.25) is 4.79 Å². The molecule has 6 nitrogen and oxygen atoms in total. The van der Waals surface area contributed by atoms with E-state index >= 15 is 0 Å². The minimum atomic E-state index is -0.0138. The number of rotatable bonds is 4. The first kappa shape index (κ1) is 16.2. The molecule has 3 N–H and O–H groups in total. The molecule has 1 fully saturated rings. The SMILES string of the molecule is CN(C)CC1CCN(C(=O)c2cc(Br)cnc2NN)CC1. The number of nitrogens with two attached hydrogens (primary N) is 1. The first-order valence-corrected chi connectivity index (χ1v) is 7.86. The second kappa shape index (κ2) is 7.20. The molecule has 1 amide bonds. The summed E-state index contributed by atoms with van der Waals surface area (Å²) < 4.78 is 0.771. The van der Waals surface area contributed by atoms with Crippen molar-refractivity contribution in [2.45, 2.75) is 12.8 Å². The molecule has 116 valence electrons. The van der Waals surface area contributed by atoms with Crippen molar-refractivity contribution in [3.05, 3.63) is 22.3 Å². The van der Waals surface area contributed by atoms with Crippen LogP contribution in [0.5, 0.6) is 0 Å². The van der Waals surface area contributed by atoms with E-state index in [0.29, 0.717) is 17.3 Å². The van der Waals surface area contributed by atoms with E-state index in [4.69, 9.17) is 5.84 Å². The predicted octanol–water partition coefficient (Wildman–Crippen LogP) is 1.54. The summed E-state index contributed by atoms with van der Waals surface area (Å²) in [5, 5.41) is 0. The Bertz CT molecular complexity index is 500. The number of likely N-dealkylation sites (tertiary alicyclic amines) is 1. The average molecular weight is 356 g/mol. The number of piperidine rings is 1. The number of anilines is 1. The zero-order chi connectivity index (χ0) is 15.4. The number of nitrogen functional groups attached to an aromatic ring is 1. The van der Waals surface area contributed by atoms with Crippen LogP contribution >= 0.6 is 15.9 Å². The summed E-state index contributed by atoms with van der Waals surface area (Å²) in [6.45, 7) is 2.65. The molecule has 1 saturated heterocycles. The van der Waals surface area contributed by atoms with Gasteiger partial charge in [-0.25, -0.2) is 10.8 Å². The highest BCUT2D eigenvalue weighted by molar-refractivity contribution is 9.10. The number of pyridine rings is 1. The molecule has 1 aromatic heterocycles. The molecule has 0 aromatic carbocycles. The molecular formula is C14H22BrN5O. The molecule has 0 saturated carbocycles. The highest BCUT2D eigenvalue weighted by Crippen LogP contribution is 2.23. The molecule has 0 atom stereocenters. The summed E-state index contributed by atoms with van der Waals surface area (Å²) in [4.78, 5) is 20.8. The minimum Gasteiger partial charge on any atom is -0.339 e. The fourth-order valence-electron chi connectivity index (χ4n) is 2.72. The van der Waals surface area contributed by atoms with Crippen molar-refractivity contribution in [2.75, 3.05) is 39.2 Å². The lowest BCUT2D eigenvalue weighted by atomic mass is 9.96. The normalized spacial score (nSPS) is 16.3. The molecule has 1 aromatic rings. The lowest BCUT2D eigenvalue weighted by Gasteiger charge is -2.33. The van der Waals surface area contributed by atoms with Crippen LogP contribution in [0.25, 0.3) is 0 Å². The number of hydrogen-bond donors (Lipinski definition) is 2. The summed E-state index contributed by atoms with van der Waals surface area (Å²) in [6.07, 6.45) is 3.70. The van der Waals surface area contributed by atoms with E-state index in [2.05, 4.69) is 45.3 Å². The summed E-state index contributed by atoms with van der Waals surface area (Å²) in [6, 6.07) is 1.76. The Labute approximate surface area is 133 Å². The summed E-state index contributed by atoms with van der Waals surface area (Å²) in [7, 11) is 4.17. The number of halogens is 1. The Morgan fingerprint density at radius 2 is 2.19 bits per heavy atom. The highest BCUT2D eigenvalue weighted by Gasteiger charge is 2.25.